The van der Waals surface area contributed by atoms with Gasteiger partial charge in [0, 0.05) is 36.9 Å². The van der Waals surface area contributed by atoms with Crippen molar-refractivity contribution in [2.45, 2.75) is 6.92 Å². The number of amides is 1. The Morgan fingerprint density at radius 1 is 1.23 bits per heavy atom. The minimum Gasteiger partial charge on any atom is -0.379 e. The maximum atomic E-state index is 12.2. The highest BCUT2D eigenvalue weighted by Crippen LogP contribution is 2.22. The molecular weight excluding hydrogens is 354 g/mol. The summed E-state index contributed by atoms with van der Waals surface area (Å²) in [6.07, 6.45) is 0. The highest BCUT2D eigenvalue weighted by molar-refractivity contribution is 6.30. The fraction of sp³-hybridized carbons (Fsp3) is 0.389. The number of nitrogens with one attached hydrogen (secondary N) is 2. The Labute approximate surface area is 157 Å². The molecule has 3 rings (SSSR count). The number of benzene rings is 1. The molecule has 7 nitrogen and oxygen atoms in total. The number of nitrogens with zero attached hydrogens (tertiary/aromatic N) is 3. The van der Waals surface area contributed by atoms with E-state index in [0.717, 1.165) is 44.1 Å². The number of morpholine rings is 1. The van der Waals surface area contributed by atoms with Gasteiger partial charge in [-0.25, -0.2) is 0 Å². The van der Waals surface area contributed by atoms with E-state index in [0.29, 0.717) is 23.1 Å². The van der Waals surface area contributed by atoms with Crippen molar-refractivity contribution in [2.24, 2.45) is 0 Å². The van der Waals surface area contributed by atoms with Crippen molar-refractivity contribution in [3.8, 4) is 0 Å². The third-order valence-corrected chi connectivity index (χ3v) is 4.40. The van der Waals surface area contributed by atoms with E-state index in [1.807, 2.05) is 19.1 Å². The van der Waals surface area contributed by atoms with Gasteiger partial charge in [0.25, 0.3) is 5.91 Å². The van der Waals surface area contributed by atoms with Gasteiger partial charge in [0.05, 0.1) is 13.2 Å². The normalized spacial score (nSPS) is 14.8. The van der Waals surface area contributed by atoms with E-state index in [9.17, 15) is 4.79 Å². The molecule has 1 aliphatic heterocycles. The molecule has 0 bridgehead atoms. The minimum absolute atomic E-state index is 0.222. The lowest BCUT2D eigenvalue weighted by Crippen LogP contribution is -2.41. The highest BCUT2D eigenvalue weighted by atomic mass is 35.5. The molecule has 1 aromatic heterocycles. The number of carbonyl (C=O) groups excluding carboxylic acids is 1. The fourth-order valence-electron chi connectivity index (χ4n) is 2.67. The van der Waals surface area contributed by atoms with E-state index >= 15 is 0 Å². The summed E-state index contributed by atoms with van der Waals surface area (Å²) in [5, 5.41) is 14.8. The van der Waals surface area contributed by atoms with E-state index in [2.05, 4.69) is 25.7 Å². The predicted molar refractivity (Wildman–Crippen MR) is 101 cm³/mol. The quantitative estimate of drug-likeness (QED) is 0.806. The summed E-state index contributed by atoms with van der Waals surface area (Å²) in [5.74, 6) is 0.347. The predicted octanol–water partition coefficient (Wildman–Crippen LogP) is 2.24. The first-order chi connectivity index (χ1) is 12.6. The summed E-state index contributed by atoms with van der Waals surface area (Å²) in [6, 6.07) is 8.95. The first-order valence-electron chi connectivity index (χ1n) is 8.57. The summed E-state index contributed by atoms with van der Waals surface area (Å²) in [6.45, 7) is 6.64. The molecule has 0 spiro atoms. The van der Waals surface area contributed by atoms with Crippen molar-refractivity contribution in [2.75, 3.05) is 44.7 Å². The second kappa shape index (κ2) is 8.93. The average Bonchev–Trinajstić information content (AvgIpc) is 2.65. The molecular formula is C18H22ClN5O2. The van der Waals surface area contributed by atoms with Crippen molar-refractivity contribution < 1.29 is 9.53 Å². The van der Waals surface area contributed by atoms with Crippen LogP contribution in [0.5, 0.6) is 0 Å². The fourth-order valence-corrected chi connectivity index (χ4v) is 2.89. The van der Waals surface area contributed by atoms with Gasteiger partial charge in [0.1, 0.15) is 0 Å². The topological polar surface area (TPSA) is 79.4 Å². The van der Waals surface area contributed by atoms with Gasteiger partial charge >= 0.3 is 0 Å². The second-order valence-corrected chi connectivity index (χ2v) is 6.53. The van der Waals surface area contributed by atoms with Crippen LogP contribution in [0.2, 0.25) is 5.02 Å². The molecule has 2 heterocycles. The number of hydrogen-bond acceptors (Lipinski definition) is 6. The lowest BCUT2D eigenvalue weighted by Gasteiger charge is -2.26. The Bertz CT molecular complexity index is 748. The average molecular weight is 376 g/mol. The molecule has 138 valence electrons. The van der Waals surface area contributed by atoms with Crippen LogP contribution in [0.3, 0.4) is 0 Å². The first kappa shape index (κ1) is 18.6. The van der Waals surface area contributed by atoms with Crippen LogP contribution in [0.1, 0.15) is 16.1 Å². The maximum absolute atomic E-state index is 12.2. The molecule has 0 aliphatic carbocycles. The first-order valence-corrected chi connectivity index (χ1v) is 8.95. The van der Waals surface area contributed by atoms with Crippen LogP contribution in [-0.4, -0.2) is 60.4 Å². The third-order valence-electron chi connectivity index (χ3n) is 4.17. The molecule has 0 atom stereocenters. The lowest BCUT2D eigenvalue weighted by atomic mass is 10.2. The Kier molecular flexibility index (Phi) is 6.38. The van der Waals surface area contributed by atoms with Crippen LogP contribution in [0, 0.1) is 6.92 Å². The van der Waals surface area contributed by atoms with Crippen molar-refractivity contribution in [3.05, 3.63) is 46.6 Å². The monoisotopic (exact) mass is 375 g/mol. The van der Waals surface area contributed by atoms with Gasteiger partial charge in [0.2, 0.25) is 0 Å². The molecule has 2 N–H and O–H groups in total. The number of ether oxygens (including phenoxy) is 1. The number of anilines is 2. The van der Waals surface area contributed by atoms with Crippen molar-refractivity contribution in [3.63, 3.8) is 0 Å². The Hall–Kier alpha value is -2.22. The van der Waals surface area contributed by atoms with E-state index in [4.69, 9.17) is 16.3 Å². The zero-order chi connectivity index (χ0) is 18.4. The standard InChI is InChI=1S/C18H22ClN5O2/c1-13-12-14(19)2-3-15(13)21-17-5-4-16(22-23-17)18(25)20-6-7-24-8-10-26-11-9-24/h2-5,12H,6-11H2,1H3,(H,20,25)(H,21,23). The second-order valence-electron chi connectivity index (χ2n) is 6.10. The van der Waals surface area contributed by atoms with Gasteiger partial charge in [-0.15, -0.1) is 10.2 Å². The van der Waals surface area contributed by atoms with Crippen molar-refractivity contribution >= 4 is 29.0 Å². The molecule has 1 fully saturated rings. The molecule has 26 heavy (non-hydrogen) atoms. The summed E-state index contributed by atoms with van der Waals surface area (Å²) in [4.78, 5) is 14.4. The van der Waals surface area contributed by atoms with Crippen LogP contribution in [0.15, 0.2) is 30.3 Å². The van der Waals surface area contributed by atoms with Gasteiger partial charge in [-0.1, -0.05) is 11.6 Å². The van der Waals surface area contributed by atoms with Crippen LogP contribution >= 0.6 is 11.6 Å². The number of hydrogen-bond donors (Lipinski definition) is 2. The molecule has 1 aliphatic rings. The molecule has 0 saturated carbocycles. The van der Waals surface area contributed by atoms with Crippen LogP contribution in [0.4, 0.5) is 11.5 Å². The molecule has 1 saturated heterocycles. The molecule has 0 unspecified atom stereocenters. The maximum Gasteiger partial charge on any atom is 0.271 e. The van der Waals surface area contributed by atoms with Gasteiger partial charge in [-0.3, -0.25) is 9.69 Å². The van der Waals surface area contributed by atoms with Gasteiger partial charge in [-0.2, -0.15) is 0 Å². The third kappa shape index (κ3) is 5.14. The van der Waals surface area contributed by atoms with Gasteiger partial charge < -0.3 is 15.4 Å². The lowest BCUT2D eigenvalue weighted by molar-refractivity contribution is 0.0383. The summed E-state index contributed by atoms with van der Waals surface area (Å²) < 4.78 is 5.30. The Morgan fingerprint density at radius 3 is 2.73 bits per heavy atom. The highest BCUT2D eigenvalue weighted by Gasteiger charge is 2.12. The largest absolute Gasteiger partial charge is 0.379 e. The van der Waals surface area contributed by atoms with Crippen molar-refractivity contribution in [1.82, 2.24) is 20.4 Å². The molecule has 0 radical (unpaired) electrons. The number of aromatic nitrogens is 2. The molecule has 1 aromatic carbocycles. The van der Waals surface area contributed by atoms with E-state index in [-0.39, 0.29) is 5.91 Å². The van der Waals surface area contributed by atoms with Gasteiger partial charge in [-0.05, 0) is 42.8 Å². The van der Waals surface area contributed by atoms with E-state index in [1.165, 1.54) is 0 Å². The van der Waals surface area contributed by atoms with Crippen molar-refractivity contribution in [1.29, 1.82) is 0 Å². The number of aryl methyl sites for hydroxylation is 1. The summed E-state index contributed by atoms with van der Waals surface area (Å²) in [7, 11) is 0. The number of rotatable bonds is 6. The van der Waals surface area contributed by atoms with Crippen LogP contribution in [-0.2, 0) is 4.74 Å². The molecule has 1 amide bonds. The Morgan fingerprint density at radius 2 is 2.04 bits per heavy atom. The SMILES string of the molecule is Cc1cc(Cl)ccc1Nc1ccc(C(=O)NCCN2CCOCC2)nn1. The number of halogens is 1. The van der Waals surface area contributed by atoms with Crippen LogP contribution < -0.4 is 10.6 Å². The molecule has 2 aromatic rings. The molecule has 8 heteroatoms. The summed E-state index contributed by atoms with van der Waals surface area (Å²) >= 11 is 5.96. The van der Waals surface area contributed by atoms with E-state index in [1.54, 1.807) is 18.2 Å². The van der Waals surface area contributed by atoms with Gasteiger partial charge in [0.15, 0.2) is 11.5 Å². The zero-order valence-electron chi connectivity index (χ0n) is 14.7. The smallest absolute Gasteiger partial charge is 0.271 e. The van der Waals surface area contributed by atoms with Crippen LogP contribution in [0.25, 0.3) is 0 Å². The number of carbonyl (C=O) groups is 1. The van der Waals surface area contributed by atoms with E-state index < -0.39 is 0 Å². The Balaban J connectivity index is 1.50. The minimum atomic E-state index is -0.222. The zero-order valence-corrected chi connectivity index (χ0v) is 15.4. The summed E-state index contributed by atoms with van der Waals surface area (Å²) in [5.41, 5.74) is 2.20.